The van der Waals surface area contributed by atoms with Crippen LogP contribution in [-0.2, 0) is 16.2 Å². The molecule has 13 heteroatoms. The number of carbonyl (C=O) groups is 3. The van der Waals surface area contributed by atoms with Crippen LogP contribution in [0, 0.1) is 17.3 Å². The van der Waals surface area contributed by atoms with E-state index in [1.807, 2.05) is 12.1 Å². The van der Waals surface area contributed by atoms with Gasteiger partial charge in [0.2, 0.25) is 5.91 Å². The Hall–Kier alpha value is -2.69. The molecule has 3 aromatic carbocycles. The Morgan fingerprint density at radius 3 is 2.39 bits per heavy atom. The largest absolute Gasteiger partial charge is 0.487 e. The number of hydrogen-bond donors (Lipinski definition) is 1. The average Bonchev–Trinajstić information content (AvgIpc) is 3.12. The third kappa shape index (κ3) is 6.84. The van der Waals surface area contributed by atoms with Gasteiger partial charge < -0.3 is 10.1 Å². The fourth-order valence-corrected chi connectivity index (χ4v) is 6.50. The molecule has 0 aliphatic carbocycles. The zero-order chi connectivity index (χ0) is 27.4. The first-order valence-corrected chi connectivity index (χ1v) is 14.1. The minimum absolute atomic E-state index is 0.00731. The highest BCUT2D eigenvalue weighted by molar-refractivity contribution is 14.1. The molecule has 38 heavy (non-hydrogen) atoms. The molecule has 1 aliphatic heterocycles. The van der Waals surface area contributed by atoms with Crippen molar-refractivity contribution in [2.75, 3.05) is 11.9 Å². The Bertz CT molecular complexity index is 1460. The van der Waals surface area contributed by atoms with E-state index < -0.39 is 28.5 Å². The van der Waals surface area contributed by atoms with Crippen LogP contribution in [0.4, 0.5) is 16.2 Å². The molecule has 1 heterocycles. The lowest BCUT2D eigenvalue weighted by molar-refractivity contribution is -0.384. The summed E-state index contributed by atoms with van der Waals surface area (Å²) in [6.07, 6.45) is 1.60. The number of benzene rings is 3. The van der Waals surface area contributed by atoms with Crippen molar-refractivity contribution in [2.24, 2.45) is 0 Å². The Morgan fingerprint density at radius 2 is 1.76 bits per heavy atom. The molecule has 0 radical (unpaired) electrons. The van der Waals surface area contributed by atoms with Crippen molar-refractivity contribution in [2.45, 2.75) is 6.61 Å². The molecule has 1 saturated heterocycles. The van der Waals surface area contributed by atoms with Gasteiger partial charge in [0.05, 0.1) is 27.7 Å². The van der Waals surface area contributed by atoms with E-state index in [1.165, 1.54) is 12.1 Å². The lowest BCUT2D eigenvalue weighted by Gasteiger charge is -2.13. The summed E-state index contributed by atoms with van der Waals surface area (Å²) in [7, 11) is 0. The number of nitrogens with one attached hydrogen (secondary N) is 1. The first kappa shape index (κ1) is 28.3. The second kappa shape index (κ2) is 12.4. The average molecular weight is 776 g/mol. The number of nitro benzene ring substituents is 1. The van der Waals surface area contributed by atoms with Crippen molar-refractivity contribution in [3.8, 4) is 5.75 Å². The Kier molecular flexibility index (Phi) is 9.27. The SMILES string of the molecule is O=C(CN1C(=O)S/C(=C/c2cc(I)c(OCc3ccc([N+](=O)[O-])cc3)c(I)c2)C1=O)Nc1ccccc1Cl. The predicted octanol–water partition coefficient (Wildman–Crippen LogP) is 6.71. The monoisotopic (exact) mass is 775 g/mol. The van der Waals surface area contributed by atoms with Crippen LogP contribution in [0.1, 0.15) is 11.1 Å². The Morgan fingerprint density at radius 1 is 1.11 bits per heavy atom. The topological polar surface area (TPSA) is 119 Å². The molecular weight excluding hydrogens is 760 g/mol. The maximum atomic E-state index is 12.9. The summed E-state index contributed by atoms with van der Waals surface area (Å²) in [5.41, 5.74) is 1.86. The van der Waals surface area contributed by atoms with E-state index in [4.69, 9.17) is 16.3 Å². The maximum Gasteiger partial charge on any atom is 0.294 e. The van der Waals surface area contributed by atoms with Crippen LogP contribution in [0.5, 0.6) is 5.75 Å². The number of non-ortho nitro benzene ring substituents is 1. The summed E-state index contributed by atoms with van der Waals surface area (Å²) in [5.74, 6) is -0.468. The number of thioether (sulfide) groups is 1. The van der Waals surface area contributed by atoms with Crippen LogP contribution >= 0.6 is 68.5 Å². The molecule has 1 N–H and O–H groups in total. The van der Waals surface area contributed by atoms with Gasteiger partial charge in [0.15, 0.2) is 0 Å². The number of hydrogen-bond acceptors (Lipinski definition) is 7. The number of para-hydroxylation sites is 1. The van der Waals surface area contributed by atoms with Gasteiger partial charge in [-0.1, -0.05) is 23.7 Å². The van der Waals surface area contributed by atoms with Crippen LogP contribution in [0.15, 0.2) is 65.6 Å². The molecule has 0 unspecified atom stereocenters. The molecule has 0 atom stereocenters. The fourth-order valence-electron chi connectivity index (χ4n) is 3.35. The molecule has 3 aromatic rings. The molecule has 9 nitrogen and oxygen atoms in total. The summed E-state index contributed by atoms with van der Waals surface area (Å²) in [4.78, 5) is 49.2. The van der Waals surface area contributed by atoms with Crippen LogP contribution in [0.3, 0.4) is 0 Å². The molecule has 4 rings (SSSR count). The normalized spacial score (nSPS) is 14.2. The third-order valence-corrected chi connectivity index (χ3v) is 8.01. The summed E-state index contributed by atoms with van der Waals surface area (Å²) >= 11 is 11.0. The van der Waals surface area contributed by atoms with E-state index in [0.29, 0.717) is 22.0 Å². The summed E-state index contributed by atoms with van der Waals surface area (Å²) < 4.78 is 7.50. The van der Waals surface area contributed by atoms with E-state index in [-0.39, 0.29) is 17.2 Å². The van der Waals surface area contributed by atoms with Crippen LogP contribution in [0.2, 0.25) is 5.02 Å². The number of carbonyl (C=O) groups excluding carboxylic acids is 3. The van der Waals surface area contributed by atoms with Gasteiger partial charge in [0, 0.05) is 12.1 Å². The lowest BCUT2D eigenvalue weighted by atomic mass is 10.2. The van der Waals surface area contributed by atoms with Gasteiger partial charge in [-0.2, -0.15) is 0 Å². The van der Waals surface area contributed by atoms with E-state index in [0.717, 1.165) is 29.4 Å². The van der Waals surface area contributed by atoms with Gasteiger partial charge in [-0.3, -0.25) is 29.4 Å². The predicted molar refractivity (Wildman–Crippen MR) is 162 cm³/mol. The van der Waals surface area contributed by atoms with Gasteiger partial charge in [-0.25, -0.2) is 0 Å². The number of ether oxygens (including phenoxy) is 1. The smallest absolute Gasteiger partial charge is 0.294 e. The van der Waals surface area contributed by atoms with E-state index in [9.17, 15) is 24.5 Å². The molecule has 0 aromatic heterocycles. The highest BCUT2D eigenvalue weighted by Gasteiger charge is 2.36. The van der Waals surface area contributed by atoms with Crippen molar-refractivity contribution in [1.29, 1.82) is 0 Å². The second-order valence-electron chi connectivity index (χ2n) is 7.82. The summed E-state index contributed by atoms with van der Waals surface area (Å²) in [6, 6.07) is 16.4. The van der Waals surface area contributed by atoms with Gasteiger partial charge in [-0.15, -0.1) is 0 Å². The molecular formula is C25H16ClI2N3O6S. The number of nitro groups is 1. The minimum Gasteiger partial charge on any atom is -0.487 e. The number of halogens is 3. The number of anilines is 1. The number of amides is 3. The zero-order valence-corrected chi connectivity index (χ0v) is 25.0. The van der Waals surface area contributed by atoms with Gasteiger partial charge in [0.1, 0.15) is 18.9 Å². The number of rotatable bonds is 8. The van der Waals surface area contributed by atoms with Gasteiger partial charge in [-0.05, 0) is 111 Å². The van der Waals surface area contributed by atoms with E-state index in [1.54, 1.807) is 42.5 Å². The van der Waals surface area contributed by atoms with Crippen molar-refractivity contribution in [1.82, 2.24) is 4.90 Å². The standard InChI is InChI=1S/C25H16ClI2N3O6S/c26-17-3-1-2-4-20(17)29-22(32)12-30-24(33)21(38-25(30)34)11-15-9-18(27)23(19(28)10-15)37-13-14-5-7-16(8-6-14)31(35)36/h1-11H,12-13H2,(H,29,32)/b21-11+. The fraction of sp³-hybridized carbons (Fsp3) is 0.0800. The molecule has 194 valence electrons. The molecule has 0 spiro atoms. The molecule has 1 aliphatic rings. The Labute approximate surface area is 253 Å². The van der Waals surface area contributed by atoms with Crippen LogP contribution in [0.25, 0.3) is 6.08 Å². The minimum atomic E-state index is -0.558. The summed E-state index contributed by atoms with van der Waals surface area (Å²) in [6.45, 7) is -0.212. The van der Waals surface area contributed by atoms with Crippen molar-refractivity contribution < 1.29 is 24.0 Å². The van der Waals surface area contributed by atoms with Crippen molar-refractivity contribution in [3.63, 3.8) is 0 Å². The maximum absolute atomic E-state index is 12.9. The van der Waals surface area contributed by atoms with Crippen LogP contribution < -0.4 is 10.1 Å². The number of nitrogens with zero attached hydrogens (tertiary/aromatic N) is 2. The first-order valence-electron chi connectivity index (χ1n) is 10.8. The van der Waals surface area contributed by atoms with Crippen LogP contribution in [-0.4, -0.2) is 33.4 Å². The van der Waals surface area contributed by atoms with E-state index in [2.05, 4.69) is 50.5 Å². The zero-order valence-electron chi connectivity index (χ0n) is 19.2. The van der Waals surface area contributed by atoms with Gasteiger partial charge in [0.25, 0.3) is 16.8 Å². The van der Waals surface area contributed by atoms with Crippen molar-refractivity contribution >= 4 is 103 Å². The quantitative estimate of drug-likeness (QED) is 0.117. The second-order valence-corrected chi connectivity index (χ2v) is 11.5. The molecule has 1 fully saturated rings. The molecule has 0 bridgehead atoms. The third-order valence-electron chi connectivity index (χ3n) is 5.17. The number of imide groups is 1. The molecule has 3 amide bonds. The highest BCUT2D eigenvalue weighted by Crippen LogP contribution is 2.35. The summed E-state index contributed by atoms with van der Waals surface area (Å²) in [5, 5.41) is 13.2. The lowest BCUT2D eigenvalue weighted by Crippen LogP contribution is -2.36. The van der Waals surface area contributed by atoms with Crippen molar-refractivity contribution in [3.05, 3.63) is 99.0 Å². The Balaban J connectivity index is 1.43. The van der Waals surface area contributed by atoms with E-state index >= 15 is 0 Å². The highest BCUT2D eigenvalue weighted by atomic mass is 127. The van der Waals surface area contributed by atoms with Gasteiger partial charge >= 0.3 is 0 Å². The molecule has 0 saturated carbocycles. The first-order chi connectivity index (χ1) is 18.1.